The first kappa shape index (κ1) is 33.7. The summed E-state index contributed by atoms with van der Waals surface area (Å²) in [5.41, 5.74) is 18.3. The molecule has 0 amide bonds. The third kappa shape index (κ3) is 4.93. The first-order chi connectivity index (χ1) is 29.8. The van der Waals surface area contributed by atoms with Crippen LogP contribution in [0.3, 0.4) is 0 Å². The molecule has 10 aromatic rings. The van der Waals surface area contributed by atoms with Gasteiger partial charge in [0.1, 0.15) is 0 Å². The van der Waals surface area contributed by atoms with E-state index in [1.54, 1.807) is 0 Å². The van der Waals surface area contributed by atoms with Gasteiger partial charge in [0.25, 0.3) is 0 Å². The highest BCUT2D eigenvalue weighted by Gasteiger charge is 2.45. The summed E-state index contributed by atoms with van der Waals surface area (Å²) in [4.78, 5) is 11.4. The van der Waals surface area contributed by atoms with Crippen molar-refractivity contribution in [1.82, 2.24) is 19.1 Å². The molecule has 282 valence electrons. The van der Waals surface area contributed by atoms with E-state index in [9.17, 15) is 0 Å². The van der Waals surface area contributed by atoms with Gasteiger partial charge in [0.05, 0.1) is 39.5 Å². The predicted octanol–water partition coefficient (Wildman–Crippen LogP) is 14.0. The zero-order valence-electron chi connectivity index (χ0n) is 32.5. The third-order valence-electron chi connectivity index (χ3n) is 12.8. The lowest BCUT2D eigenvalue weighted by Crippen LogP contribution is -2.15. The first-order valence-electron chi connectivity index (χ1n) is 20.7. The van der Waals surface area contributed by atoms with Gasteiger partial charge >= 0.3 is 0 Å². The average Bonchev–Trinajstić information content (AvgIpc) is 4.10. The molecule has 0 fully saturated rings. The van der Waals surface area contributed by atoms with Gasteiger partial charge in [0.15, 0.2) is 0 Å². The molecule has 0 radical (unpaired) electrons. The van der Waals surface area contributed by atoms with Crippen LogP contribution < -0.4 is 0 Å². The summed E-state index contributed by atoms with van der Waals surface area (Å²) in [6.07, 6.45) is 10.8. The van der Waals surface area contributed by atoms with Crippen LogP contribution in [-0.2, 0) is 0 Å². The Kier molecular flexibility index (Phi) is 7.39. The van der Waals surface area contributed by atoms with Gasteiger partial charge in [-0.15, -0.1) is 11.8 Å². The van der Waals surface area contributed by atoms with Crippen LogP contribution in [0, 0.1) is 0 Å². The van der Waals surface area contributed by atoms with Gasteiger partial charge in [0, 0.05) is 67.1 Å². The van der Waals surface area contributed by atoms with Gasteiger partial charge in [-0.2, -0.15) is 0 Å². The molecule has 0 N–H and O–H groups in total. The molecule has 2 aliphatic carbocycles. The lowest BCUT2D eigenvalue weighted by atomic mass is 9.77. The molecule has 3 unspecified atom stereocenters. The fourth-order valence-corrected chi connectivity index (χ4v) is 11.8. The molecule has 0 saturated carbocycles. The molecular weight excluding hydrogens is 749 g/mol. The van der Waals surface area contributed by atoms with Crippen molar-refractivity contribution in [2.45, 2.75) is 22.0 Å². The maximum absolute atomic E-state index is 5.45. The van der Waals surface area contributed by atoms with Crippen molar-refractivity contribution in [3.8, 4) is 39.3 Å². The van der Waals surface area contributed by atoms with Gasteiger partial charge in [0.2, 0.25) is 0 Å². The minimum Gasteiger partial charge on any atom is -0.312 e. The number of nitrogens with zero attached hydrogens (tertiary/aromatic N) is 4. The number of benzene rings is 6. The number of hydrogen-bond acceptors (Lipinski definition) is 3. The van der Waals surface area contributed by atoms with Crippen molar-refractivity contribution in [3.05, 3.63) is 223 Å². The molecule has 5 heterocycles. The Hall–Kier alpha value is -7.21. The Morgan fingerprint density at radius 2 is 1.28 bits per heavy atom. The molecule has 4 aromatic heterocycles. The van der Waals surface area contributed by atoms with Crippen molar-refractivity contribution in [2.75, 3.05) is 0 Å². The van der Waals surface area contributed by atoms with E-state index in [1.807, 2.05) is 24.2 Å². The summed E-state index contributed by atoms with van der Waals surface area (Å²) in [6, 6.07) is 61.9. The quantitative estimate of drug-likeness (QED) is 0.174. The third-order valence-corrected chi connectivity index (χ3v) is 14.2. The van der Waals surface area contributed by atoms with Crippen LogP contribution in [0.4, 0.5) is 0 Å². The van der Waals surface area contributed by atoms with Crippen molar-refractivity contribution < 1.29 is 0 Å². The van der Waals surface area contributed by atoms with Crippen LogP contribution in [-0.4, -0.2) is 19.1 Å². The average molecular weight is 785 g/mol. The molecule has 5 heteroatoms. The molecule has 4 nitrogen and oxygen atoms in total. The van der Waals surface area contributed by atoms with E-state index in [1.165, 1.54) is 82.4 Å². The number of rotatable bonds is 5. The molecule has 3 atom stereocenters. The van der Waals surface area contributed by atoms with Crippen molar-refractivity contribution in [1.29, 1.82) is 0 Å². The second-order valence-electron chi connectivity index (χ2n) is 16.0. The van der Waals surface area contributed by atoms with Gasteiger partial charge in [-0.3, -0.25) is 9.97 Å². The van der Waals surface area contributed by atoms with E-state index >= 15 is 0 Å². The highest BCUT2D eigenvalue weighted by Crippen LogP contribution is 2.65. The van der Waals surface area contributed by atoms with Crippen molar-refractivity contribution >= 4 is 50.2 Å². The normalized spacial score (nSPS) is 17.5. The molecule has 3 aliphatic rings. The molecule has 1 aliphatic heterocycles. The molecule has 0 bridgehead atoms. The summed E-state index contributed by atoms with van der Waals surface area (Å²) in [7, 11) is 0. The second kappa shape index (κ2) is 13.2. The Balaban J connectivity index is 1.03. The number of hydrogen-bond donors (Lipinski definition) is 0. The van der Waals surface area contributed by atoms with Crippen LogP contribution in [0.1, 0.15) is 39.5 Å². The summed E-state index contributed by atoms with van der Waals surface area (Å²) >= 11 is 2.03. The topological polar surface area (TPSA) is 35.6 Å². The Morgan fingerprint density at radius 1 is 0.550 bits per heavy atom. The number of fused-ring (bicyclic) bond motifs is 13. The van der Waals surface area contributed by atoms with Crippen LogP contribution in [0.2, 0.25) is 0 Å². The number of thioether (sulfide) groups is 1. The van der Waals surface area contributed by atoms with E-state index in [0.717, 1.165) is 22.6 Å². The second-order valence-corrected chi connectivity index (χ2v) is 17.2. The monoisotopic (exact) mass is 784 g/mol. The first-order valence-corrected chi connectivity index (χ1v) is 21.5. The minimum absolute atomic E-state index is 0.0533. The smallest absolute Gasteiger partial charge is 0.0711 e. The zero-order valence-corrected chi connectivity index (χ0v) is 33.3. The number of para-hydroxylation sites is 2. The maximum Gasteiger partial charge on any atom is 0.0711 e. The summed E-state index contributed by atoms with van der Waals surface area (Å²) < 4.78 is 4.99. The molecule has 0 saturated heterocycles. The number of allylic oxidation sites excluding steroid dienone is 4. The highest BCUT2D eigenvalue weighted by atomic mass is 32.2. The predicted molar refractivity (Wildman–Crippen MR) is 248 cm³/mol. The summed E-state index contributed by atoms with van der Waals surface area (Å²) in [5, 5.41) is 3.97. The largest absolute Gasteiger partial charge is 0.312 e. The van der Waals surface area contributed by atoms with Gasteiger partial charge in [-0.1, -0.05) is 133 Å². The zero-order chi connectivity index (χ0) is 39.3. The van der Waals surface area contributed by atoms with E-state index in [0.29, 0.717) is 0 Å². The lowest BCUT2D eigenvalue weighted by Gasteiger charge is -2.31. The van der Waals surface area contributed by atoms with Crippen LogP contribution >= 0.6 is 11.8 Å². The fraction of sp³-hybridized carbons (Fsp3) is 0.0545. The summed E-state index contributed by atoms with van der Waals surface area (Å²) in [5.74, 6) is 0.109. The number of aromatic nitrogens is 4. The maximum atomic E-state index is 5.45. The van der Waals surface area contributed by atoms with Gasteiger partial charge in [-0.05, 0) is 82.4 Å². The highest BCUT2D eigenvalue weighted by molar-refractivity contribution is 8.00. The van der Waals surface area contributed by atoms with Crippen LogP contribution in [0.25, 0.3) is 77.7 Å². The molecule has 13 rings (SSSR count). The number of pyridine rings is 2. The van der Waals surface area contributed by atoms with Crippen molar-refractivity contribution in [2.24, 2.45) is 0 Å². The molecule has 6 aromatic carbocycles. The molecule has 0 spiro atoms. The van der Waals surface area contributed by atoms with Gasteiger partial charge < -0.3 is 9.13 Å². The van der Waals surface area contributed by atoms with E-state index in [-0.39, 0.29) is 17.1 Å². The molecule has 60 heavy (non-hydrogen) atoms. The van der Waals surface area contributed by atoms with E-state index in [2.05, 4.69) is 202 Å². The fourth-order valence-electron chi connectivity index (χ4n) is 10.3. The minimum atomic E-state index is -0.0533. The van der Waals surface area contributed by atoms with Crippen molar-refractivity contribution in [3.63, 3.8) is 0 Å². The van der Waals surface area contributed by atoms with Crippen LogP contribution in [0.5, 0.6) is 0 Å². The molecular formula is C55H36N4S. The Labute approximate surface area is 351 Å². The van der Waals surface area contributed by atoms with Gasteiger partial charge in [-0.25, -0.2) is 0 Å². The van der Waals surface area contributed by atoms with Crippen LogP contribution in [0.15, 0.2) is 205 Å². The Morgan fingerprint density at radius 3 is 2.13 bits per heavy atom. The standard InChI is InChI=1S/C55H36N4S/c1-4-15-34(16-5-1)36-29-45(35-17-6-2-7-18-35)57-46(30-36)40-24-14-26-47(40)59-48-25-13-12-23-41(48)52-53-43-31-42-44-33-56-28-27-49(44)58(37-19-8-3-9-20-37)50(42)32-51(43)60-55(53)39-22-11-10-21-38(39)54(52)59/h1-33,40,53,55H. The summed E-state index contributed by atoms with van der Waals surface area (Å²) in [6.45, 7) is 0. The van der Waals surface area contributed by atoms with E-state index in [4.69, 9.17) is 4.98 Å². The Bertz CT molecular complexity index is 3360. The van der Waals surface area contributed by atoms with E-state index < -0.39 is 0 Å². The lowest BCUT2D eigenvalue weighted by molar-refractivity contribution is 0.787. The SMILES string of the molecule is C1=CC(c2cc(-c3ccccc3)cc(-c3ccccc3)n2)C(n2c3c(c4ccccc42)C2c4cc5c6cnccc6n(-c6ccccc6)c5cc4SC2c2ccccc2-3)=C1.